The van der Waals surface area contributed by atoms with E-state index in [4.69, 9.17) is 0 Å². The van der Waals surface area contributed by atoms with Crippen LogP contribution in [0, 0.1) is 13.8 Å². The number of piperazine rings is 1. The first kappa shape index (κ1) is 16.9. The van der Waals surface area contributed by atoms with E-state index in [1.165, 1.54) is 5.69 Å². The van der Waals surface area contributed by atoms with Crippen LogP contribution in [0.25, 0.3) is 10.6 Å². The molecule has 0 saturated carbocycles. The number of benzene rings is 1. The fourth-order valence-corrected chi connectivity index (χ4v) is 3.96. The number of hydrogen-bond donors (Lipinski definition) is 1. The zero-order chi connectivity index (χ0) is 17.9. The van der Waals surface area contributed by atoms with Gasteiger partial charge in [0.15, 0.2) is 0 Å². The van der Waals surface area contributed by atoms with E-state index in [2.05, 4.69) is 42.6 Å². The molecule has 3 heterocycles. The van der Waals surface area contributed by atoms with Crippen molar-refractivity contribution in [1.82, 2.24) is 25.6 Å². The van der Waals surface area contributed by atoms with E-state index < -0.39 is 0 Å². The largest absolute Gasteiger partial charge is 0.369 e. The summed E-state index contributed by atoms with van der Waals surface area (Å²) < 4.78 is 0. The van der Waals surface area contributed by atoms with Gasteiger partial charge in [-0.25, -0.2) is 20.3 Å². The third-order valence-corrected chi connectivity index (χ3v) is 5.44. The Morgan fingerprint density at radius 2 is 1.81 bits per heavy atom. The summed E-state index contributed by atoms with van der Waals surface area (Å²) in [6.07, 6.45) is 1.75. The molecule has 1 fully saturated rings. The average molecular weight is 365 g/mol. The maximum Gasteiger partial charge on any atom is 0.250 e. The van der Waals surface area contributed by atoms with Gasteiger partial charge >= 0.3 is 0 Å². The van der Waals surface area contributed by atoms with E-state index in [9.17, 15) is 0 Å². The van der Waals surface area contributed by atoms with Gasteiger partial charge in [-0.15, -0.1) is 11.3 Å². The average Bonchev–Trinajstić information content (AvgIpc) is 3.01. The van der Waals surface area contributed by atoms with E-state index in [0.29, 0.717) is 5.95 Å². The van der Waals surface area contributed by atoms with Gasteiger partial charge in [0, 0.05) is 38.1 Å². The van der Waals surface area contributed by atoms with Crippen molar-refractivity contribution < 1.29 is 0 Å². The lowest BCUT2D eigenvalue weighted by Gasteiger charge is -2.29. The number of rotatable bonds is 4. The van der Waals surface area contributed by atoms with Crippen LogP contribution < -0.4 is 15.5 Å². The Morgan fingerprint density at radius 1 is 1.04 bits per heavy atom. The van der Waals surface area contributed by atoms with Crippen LogP contribution >= 0.6 is 11.3 Å². The summed E-state index contributed by atoms with van der Waals surface area (Å²) in [7, 11) is 0. The number of hydrogen-bond acceptors (Lipinski definition) is 6. The lowest BCUT2D eigenvalue weighted by Crippen LogP contribution is -2.43. The van der Waals surface area contributed by atoms with Gasteiger partial charge in [-0.05, 0) is 44.2 Å². The van der Waals surface area contributed by atoms with Crippen LogP contribution in [0.3, 0.4) is 0 Å². The molecule has 26 heavy (non-hydrogen) atoms. The number of nitrogens with zero attached hydrogens (tertiary/aromatic N) is 5. The first-order valence-corrected chi connectivity index (χ1v) is 9.55. The zero-order valence-electron chi connectivity index (χ0n) is 14.9. The minimum Gasteiger partial charge on any atom is -0.369 e. The second-order valence-corrected chi connectivity index (χ2v) is 7.46. The van der Waals surface area contributed by atoms with Gasteiger partial charge in [-0.2, -0.15) is 0 Å². The predicted molar refractivity (Wildman–Crippen MR) is 106 cm³/mol. The first-order valence-electron chi connectivity index (χ1n) is 8.74. The van der Waals surface area contributed by atoms with Crippen LogP contribution in [-0.2, 0) is 0 Å². The van der Waals surface area contributed by atoms with Crippen molar-refractivity contribution in [3.8, 4) is 10.6 Å². The van der Waals surface area contributed by atoms with E-state index in [-0.39, 0.29) is 0 Å². The van der Waals surface area contributed by atoms with Gasteiger partial charge in [-0.3, -0.25) is 0 Å². The zero-order valence-corrected chi connectivity index (χ0v) is 15.8. The van der Waals surface area contributed by atoms with Gasteiger partial charge in [0.05, 0.1) is 27.0 Å². The molecule has 4 rings (SSSR count). The van der Waals surface area contributed by atoms with Gasteiger partial charge in [0.2, 0.25) is 5.95 Å². The molecule has 1 aliphatic heterocycles. The van der Waals surface area contributed by atoms with Gasteiger partial charge in [0.25, 0.3) is 0 Å². The smallest absolute Gasteiger partial charge is 0.250 e. The van der Waals surface area contributed by atoms with Crippen LogP contribution in [0.2, 0.25) is 0 Å². The van der Waals surface area contributed by atoms with Crippen molar-refractivity contribution in [2.75, 3.05) is 31.1 Å². The Kier molecular flexibility index (Phi) is 4.81. The third kappa shape index (κ3) is 3.68. The third-order valence-electron chi connectivity index (χ3n) is 4.34. The predicted octanol–water partition coefficient (Wildman–Crippen LogP) is 3.19. The van der Waals surface area contributed by atoms with Crippen LogP contribution in [-0.4, -0.2) is 41.1 Å². The van der Waals surface area contributed by atoms with Crippen molar-refractivity contribution in [2.45, 2.75) is 13.8 Å². The van der Waals surface area contributed by atoms with E-state index in [1.54, 1.807) is 17.5 Å². The normalized spacial score (nSPS) is 14.5. The van der Waals surface area contributed by atoms with Crippen molar-refractivity contribution in [3.05, 3.63) is 47.2 Å². The molecule has 7 heteroatoms. The van der Waals surface area contributed by atoms with Crippen molar-refractivity contribution >= 4 is 28.7 Å². The molecule has 0 bridgehead atoms. The highest BCUT2D eigenvalue weighted by Crippen LogP contribution is 2.29. The van der Waals surface area contributed by atoms with Gasteiger partial charge < -0.3 is 10.2 Å². The van der Waals surface area contributed by atoms with Gasteiger partial charge in [-0.1, -0.05) is 0 Å². The Morgan fingerprint density at radius 3 is 2.50 bits per heavy atom. The molecular formula is C19H21N6S. The van der Waals surface area contributed by atoms with Gasteiger partial charge in [0.1, 0.15) is 0 Å². The monoisotopic (exact) mass is 365 g/mol. The van der Waals surface area contributed by atoms with E-state index >= 15 is 0 Å². The molecule has 1 radical (unpaired) electrons. The number of nitrogens with one attached hydrogen (secondary N) is 1. The highest BCUT2D eigenvalue weighted by Gasteiger charge is 2.12. The summed E-state index contributed by atoms with van der Waals surface area (Å²) in [5, 5.41) is 8.99. The second-order valence-electron chi connectivity index (χ2n) is 6.25. The molecule has 1 aromatic carbocycles. The molecule has 1 aliphatic rings. The van der Waals surface area contributed by atoms with Crippen LogP contribution in [0.5, 0.6) is 0 Å². The summed E-state index contributed by atoms with van der Waals surface area (Å²) in [4.78, 5) is 16.8. The molecule has 0 amide bonds. The van der Waals surface area contributed by atoms with Crippen LogP contribution in [0.15, 0.2) is 36.5 Å². The summed E-state index contributed by atoms with van der Waals surface area (Å²) in [5.74, 6) is 0.475. The molecule has 0 atom stereocenters. The summed E-state index contributed by atoms with van der Waals surface area (Å²) >= 11 is 1.65. The number of aryl methyl sites for hydroxylation is 2. The maximum atomic E-state index is 4.60. The second kappa shape index (κ2) is 7.39. The number of aromatic nitrogens is 3. The molecule has 2 aromatic heterocycles. The molecule has 6 nitrogen and oxygen atoms in total. The highest BCUT2D eigenvalue weighted by molar-refractivity contribution is 7.15. The Hall–Kier alpha value is -2.51. The molecule has 0 spiro atoms. The Labute approximate surface area is 157 Å². The lowest BCUT2D eigenvalue weighted by molar-refractivity contribution is 0.589. The summed E-state index contributed by atoms with van der Waals surface area (Å²) in [6.45, 7) is 8.15. The SMILES string of the molecule is Cc1nc(C)c(-c2ccnc([N]c3ccc(N4CCNCC4)cc3)n2)s1. The summed E-state index contributed by atoms with van der Waals surface area (Å²) in [6, 6.07) is 10.2. The highest BCUT2D eigenvalue weighted by atomic mass is 32.1. The minimum atomic E-state index is 0.475. The fourth-order valence-electron chi connectivity index (χ4n) is 3.07. The topological polar surface area (TPSA) is 68.0 Å². The molecule has 0 aliphatic carbocycles. The first-order chi connectivity index (χ1) is 12.7. The Bertz CT molecular complexity index is 883. The number of anilines is 1. The van der Waals surface area contributed by atoms with E-state index in [0.717, 1.165) is 53.1 Å². The van der Waals surface area contributed by atoms with Crippen molar-refractivity contribution in [2.24, 2.45) is 0 Å². The number of thiazole rings is 1. The Balaban J connectivity index is 1.50. The van der Waals surface area contributed by atoms with Crippen LogP contribution in [0.4, 0.5) is 17.3 Å². The summed E-state index contributed by atoms with van der Waals surface area (Å²) in [5.41, 5.74) is 3.96. The maximum absolute atomic E-state index is 4.60. The molecule has 1 saturated heterocycles. The molecule has 1 N–H and O–H groups in total. The molecular weight excluding hydrogens is 344 g/mol. The molecule has 0 unspecified atom stereocenters. The standard InChI is InChI=1S/C19H21N6S/c1-13-18(26-14(2)22-13)17-7-8-21-19(24-17)23-15-3-5-16(6-4-15)25-11-9-20-10-12-25/h3-8,20H,9-12H2,1-2H3. The quantitative estimate of drug-likeness (QED) is 0.769. The molecule has 3 aromatic rings. The van der Waals surface area contributed by atoms with E-state index in [1.807, 2.05) is 32.0 Å². The lowest BCUT2D eigenvalue weighted by atomic mass is 10.2. The van der Waals surface area contributed by atoms with Crippen molar-refractivity contribution in [3.63, 3.8) is 0 Å². The molecule has 133 valence electrons. The minimum absolute atomic E-state index is 0.475. The fraction of sp³-hybridized carbons (Fsp3) is 0.316. The van der Waals surface area contributed by atoms with Crippen LogP contribution in [0.1, 0.15) is 10.7 Å². The van der Waals surface area contributed by atoms with Crippen molar-refractivity contribution in [1.29, 1.82) is 0 Å².